The van der Waals surface area contributed by atoms with E-state index < -0.39 is 12.5 Å². The van der Waals surface area contributed by atoms with Crippen molar-refractivity contribution in [3.05, 3.63) is 24.3 Å². The molecule has 0 bridgehead atoms. The minimum atomic E-state index is -2.95. The zero-order chi connectivity index (χ0) is 13.1. The number of benzene rings is 1. The van der Waals surface area contributed by atoms with Crippen molar-refractivity contribution < 1.29 is 23.1 Å². The third kappa shape index (κ3) is 2.64. The lowest BCUT2D eigenvalue weighted by Crippen LogP contribution is -2.39. The summed E-state index contributed by atoms with van der Waals surface area (Å²) in [5.74, 6) is -0.588. The topological polar surface area (TPSA) is 46.6 Å². The second-order valence-electron chi connectivity index (χ2n) is 3.86. The summed E-state index contributed by atoms with van der Waals surface area (Å²) in [6, 6.07) is 6.05. The number of amides is 1. The van der Waals surface area contributed by atoms with Gasteiger partial charge < -0.3 is 9.64 Å². The third-order valence-corrected chi connectivity index (χ3v) is 2.64. The first-order chi connectivity index (χ1) is 8.58. The highest BCUT2D eigenvalue weighted by molar-refractivity contribution is 6.09. The number of anilines is 1. The quantitative estimate of drug-likeness (QED) is 0.776. The van der Waals surface area contributed by atoms with E-state index in [2.05, 4.69) is 4.74 Å². The number of para-hydroxylation sites is 2. The first kappa shape index (κ1) is 12.5. The molecule has 2 rings (SSSR count). The second kappa shape index (κ2) is 5.12. The maximum atomic E-state index is 12.2. The van der Waals surface area contributed by atoms with E-state index in [0.29, 0.717) is 0 Å². The zero-order valence-electron chi connectivity index (χ0n) is 9.44. The van der Waals surface area contributed by atoms with Crippen molar-refractivity contribution in [2.75, 3.05) is 11.4 Å². The fourth-order valence-corrected chi connectivity index (χ4v) is 1.84. The van der Waals surface area contributed by atoms with E-state index in [-0.39, 0.29) is 36.6 Å². The molecule has 18 heavy (non-hydrogen) atoms. The predicted octanol–water partition coefficient (Wildman–Crippen LogP) is 1.98. The van der Waals surface area contributed by atoms with Gasteiger partial charge in [0.2, 0.25) is 5.91 Å². The minimum Gasteiger partial charge on any atom is -0.433 e. The van der Waals surface area contributed by atoms with Gasteiger partial charge in [0, 0.05) is 13.0 Å². The number of halogens is 2. The van der Waals surface area contributed by atoms with E-state index in [9.17, 15) is 18.4 Å². The van der Waals surface area contributed by atoms with E-state index in [1.54, 1.807) is 12.1 Å². The van der Waals surface area contributed by atoms with Crippen LogP contribution in [-0.4, -0.2) is 24.8 Å². The highest BCUT2D eigenvalue weighted by Gasteiger charge is 2.27. The molecule has 6 heteroatoms. The van der Waals surface area contributed by atoms with Crippen LogP contribution < -0.4 is 9.64 Å². The molecule has 96 valence electrons. The smallest absolute Gasteiger partial charge is 0.387 e. The molecule has 1 heterocycles. The number of hydrogen-bond donors (Lipinski definition) is 0. The molecular weight excluding hydrogens is 244 g/mol. The normalized spacial score (nSPS) is 16.3. The Morgan fingerprint density at radius 1 is 1.22 bits per heavy atom. The summed E-state index contributed by atoms with van der Waals surface area (Å²) in [7, 11) is 0. The van der Waals surface area contributed by atoms with Gasteiger partial charge in [0.05, 0.1) is 12.1 Å². The van der Waals surface area contributed by atoms with E-state index in [0.717, 1.165) is 0 Å². The number of piperidine rings is 1. The van der Waals surface area contributed by atoms with Crippen LogP contribution in [0.4, 0.5) is 14.5 Å². The number of alkyl halides is 2. The van der Waals surface area contributed by atoms with Gasteiger partial charge in [-0.3, -0.25) is 9.59 Å². The number of ether oxygens (including phenoxy) is 1. The summed E-state index contributed by atoms with van der Waals surface area (Å²) in [6.07, 6.45) is 0.0395. The van der Waals surface area contributed by atoms with Gasteiger partial charge in [-0.2, -0.15) is 8.78 Å². The van der Waals surface area contributed by atoms with E-state index in [1.807, 2.05) is 0 Å². The predicted molar refractivity (Wildman–Crippen MR) is 59.7 cm³/mol. The Balaban J connectivity index is 2.27. The molecule has 1 saturated heterocycles. The molecule has 1 aliphatic rings. The molecule has 1 aromatic carbocycles. The van der Waals surface area contributed by atoms with Crippen LogP contribution in [0.2, 0.25) is 0 Å². The zero-order valence-corrected chi connectivity index (χ0v) is 9.44. The average Bonchev–Trinajstić information content (AvgIpc) is 2.30. The van der Waals surface area contributed by atoms with Gasteiger partial charge in [-0.05, 0) is 12.1 Å². The van der Waals surface area contributed by atoms with Crippen molar-refractivity contribution in [2.45, 2.75) is 19.5 Å². The number of hydrogen-bond acceptors (Lipinski definition) is 3. The number of carbonyl (C=O) groups excluding carboxylic acids is 2. The second-order valence-corrected chi connectivity index (χ2v) is 3.86. The first-order valence-corrected chi connectivity index (χ1v) is 5.44. The lowest BCUT2D eigenvalue weighted by Gasteiger charge is -2.27. The minimum absolute atomic E-state index is 0.0600. The molecule has 0 saturated carbocycles. The first-order valence-electron chi connectivity index (χ1n) is 5.44. The van der Waals surface area contributed by atoms with Crippen molar-refractivity contribution in [1.82, 2.24) is 0 Å². The maximum Gasteiger partial charge on any atom is 0.387 e. The summed E-state index contributed by atoms with van der Waals surface area (Å²) >= 11 is 0. The molecule has 0 radical (unpaired) electrons. The van der Waals surface area contributed by atoms with Crippen LogP contribution in [0.15, 0.2) is 24.3 Å². The van der Waals surface area contributed by atoms with Crippen LogP contribution in [0.3, 0.4) is 0 Å². The number of ketones is 1. The van der Waals surface area contributed by atoms with Gasteiger partial charge in [0.15, 0.2) is 0 Å². The molecule has 4 nitrogen and oxygen atoms in total. The molecule has 0 atom stereocenters. The van der Waals surface area contributed by atoms with E-state index >= 15 is 0 Å². The van der Waals surface area contributed by atoms with Crippen LogP contribution in [0.25, 0.3) is 0 Å². The van der Waals surface area contributed by atoms with Crippen LogP contribution in [0.5, 0.6) is 5.75 Å². The molecule has 1 aromatic rings. The third-order valence-electron chi connectivity index (χ3n) is 2.64. The lowest BCUT2D eigenvalue weighted by atomic mass is 10.1. The molecule has 0 N–H and O–H groups in total. The summed E-state index contributed by atoms with van der Waals surface area (Å²) in [4.78, 5) is 24.1. The Morgan fingerprint density at radius 2 is 1.94 bits per heavy atom. The number of nitrogens with zero attached hydrogens (tertiary/aromatic N) is 1. The van der Waals surface area contributed by atoms with Gasteiger partial charge in [-0.15, -0.1) is 0 Å². The van der Waals surface area contributed by atoms with Gasteiger partial charge in [-0.25, -0.2) is 0 Å². The maximum absolute atomic E-state index is 12.2. The fraction of sp³-hybridized carbons (Fsp3) is 0.333. The molecular formula is C12H11F2NO3. The number of Topliss-reactive ketones (excluding diaryl/α,β-unsaturated/α-hetero) is 1. The molecule has 0 aromatic heterocycles. The van der Waals surface area contributed by atoms with Crippen molar-refractivity contribution in [2.24, 2.45) is 0 Å². The van der Waals surface area contributed by atoms with E-state index in [1.165, 1.54) is 17.0 Å². The SMILES string of the molecule is O=C1CCN(c2ccccc2OC(F)F)C(=O)C1. The van der Waals surface area contributed by atoms with Crippen LogP contribution in [-0.2, 0) is 9.59 Å². The van der Waals surface area contributed by atoms with Crippen molar-refractivity contribution in [3.63, 3.8) is 0 Å². The molecule has 0 unspecified atom stereocenters. The summed E-state index contributed by atoms with van der Waals surface area (Å²) in [5, 5.41) is 0. The fourth-order valence-electron chi connectivity index (χ4n) is 1.84. The van der Waals surface area contributed by atoms with Crippen LogP contribution in [0, 0.1) is 0 Å². The Bertz CT molecular complexity index is 476. The summed E-state index contributed by atoms with van der Waals surface area (Å²) in [6.45, 7) is -2.76. The van der Waals surface area contributed by atoms with Crippen molar-refractivity contribution >= 4 is 17.4 Å². The number of rotatable bonds is 3. The number of carbonyl (C=O) groups is 2. The van der Waals surface area contributed by atoms with Gasteiger partial charge in [0.1, 0.15) is 11.5 Å². The summed E-state index contributed by atoms with van der Waals surface area (Å²) in [5.41, 5.74) is 0.273. The Labute approximate surface area is 102 Å². The highest BCUT2D eigenvalue weighted by atomic mass is 19.3. The van der Waals surface area contributed by atoms with Crippen molar-refractivity contribution in [1.29, 1.82) is 0 Å². The monoisotopic (exact) mass is 255 g/mol. The molecule has 1 aliphatic heterocycles. The Hall–Kier alpha value is -1.98. The molecule has 1 amide bonds. The Morgan fingerprint density at radius 3 is 2.61 bits per heavy atom. The standard InChI is InChI=1S/C12H11F2NO3/c13-12(14)18-10-4-2-1-3-9(10)15-6-5-8(16)7-11(15)17/h1-4,12H,5-7H2. The van der Waals surface area contributed by atoms with E-state index in [4.69, 9.17) is 0 Å². The van der Waals surface area contributed by atoms with Gasteiger partial charge in [0.25, 0.3) is 0 Å². The van der Waals surface area contributed by atoms with Crippen LogP contribution in [0.1, 0.15) is 12.8 Å². The molecule has 1 fully saturated rings. The van der Waals surface area contributed by atoms with Crippen molar-refractivity contribution in [3.8, 4) is 5.75 Å². The average molecular weight is 255 g/mol. The highest BCUT2D eigenvalue weighted by Crippen LogP contribution is 2.31. The largest absolute Gasteiger partial charge is 0.433 e. The van der Waals surface area contributed by atoms with Crippen LogP contribution >= 0.6 is 0 Å². The summed E-state index contributed by atoms with van der Waals surface area (Å²) < 4.78 is 28.9. The van der Waals surface area contributed by atoms with Gasteiger partial charge >= 0.3 is 6.61 Å². The molecule has 0 spiro atoms. The molecule has 0 aliphatic carbocycles. The lowest BCUT2D eigenvalue weighted by molar-refractivity contribution is -0.128. The Kier molecular flexibility index (Phi) is 3.55. The van der Waals surface area contributed by atoms with Gasteiger partial charge in [-0.1, -0.05) is 12.1 Å².